The third-order valence-corrected chi connectivity index (χ3v) is 3.81. The van der Waals surface area contributed by atoms with E-state index < -0.39 is 0 Å². The lowest BCUT2D eigenvalue weighted by Gasteiger charge is -2.15. The van der Waals surface area contributed by atoms with Gasteiger partial charge in [-0.25, -0.2) is 0 Å². The number of amides is 1. The first-order chi connectivity index (χ1) is 9.16. The van der Waals surface area contributed by atoms with Gasteiger partial charge in [0, 0.05) is 25.0 Å². The molecule has 2 N–H and O–H groups in total. The summed E-state index contributed by atoms with van der Waals surface area (Å²) in [5.74, 6) is 0.372. The van der Waals surface area contributed by atoms with Crippen molar-refractivity contribution >= 4 is 16.8 Å². The molecule has 0 bridgehead atoms. The number of hydrogen-bond donors (Lipinski definition) is 2. The van der Waals surface area contributed by atoms with E-state index in [1.165, 1.54) is 0 Å². The monoisotopic (exact) mass is 258 g/mol. The summed E-state index contributed by atoms with van der Waals surface area (Å²) in [6.07, 6.45) is 0. The molecule has 2 heterocycles. The molecule has 5 nitrogen and oxygen atoms in total. The lowest BCUT2D eigenvalue weighted by Crippen LogP contribution is -2.39. The topological polar surface area (TPSA) is 58.9 Å². The van der Waals surface area contributed by atoms with Crippen LogP contribution in [0.5, 0.6) is 0 Å². The van der Waals surface area contributed by atoms with Gasteiger partial charge in [0.2, 0.25) is 0 Å². The van der Waals surface area contributed by atoms with Gasteiger partial charge in [-0.05, 0) is 18.5 Å². The standard InChI is InChI=1S/C14H18N4O/c1-9-7-15-8-11(9)16-14(19)13-10-5-3-4-6-12(10)18(2)17-13/h3-6,9,11,15H,7-8H2,1-2H3,(H,16,19). The third-order valence-electron chi connectivity index (χ3n) is 3.81. The summed E-state index contributed by atoms with van der Waals surface area (Å²) < 4.78 is 1.75. The Bertz CT molecular complexity index is 619. The molecule has 100 valence electrons. The number of rotatable bonds is 2. The van der Waals surface area contributed by atoms with E-state index in [9.17, 15) is 4.79 Å². The predicted octanol–water partition coefficient (Wildman–Crippen LogP) is 0.911. The molecule has 2 unspecified atom stereocenters. The van der Waals surface area contributed by atoms with Crippen LogP contribution in [0, 0.1) is 5.92 Å². The highest BCUT2D eigenvalue weighted by atomic mass is 16.2. The number of para-hydroxylation sites is 1. The van der Waals surface area contributed by atoms with Crippen LogP contribution in [0.3, 0.4) is 0 Å². The number of hydrogen-bond acceptors (Lipinski definition) is 3. The summed E-state index contributed by atoms with van der Waals surface area (Å²) in [7, 11) is 1.86. The molecule has 0 aliphatic carbocycles. The predicted molar refractivity (Wildman–Crippen MR) is 74.0 cm³/mol. The second kappa shape index (κ2) is 4.66. The van der Waals surface area contributed by atoms with E-state index in [4.69, 9.17) is 0 Å². The largest absolute Gasteiger partial charge is 0.346 e. The Morgan fingerprint density at radius 1 is 1.42 bits per heavy atom. The van der Waals surface area contributed by atoms with E-state index in [1.54, 1.807) is 4.68 Å². The minimum absolute atomic E-state index is 0.0858. The first-order valence-electron chi connectivity index (χ1n) is 6.60. The van der Waals surface area contributed by atoms with Crippen molar-refractivity contribution in [2.24, 2.45) is 13.0 Å². The van der Waals surface area contributed by atoms with Crippen LogP contribution in [0.4, 0.5) is 0 Å². The Morgan fingerprint density at radius 3 is 2.95 bits per heavy atom. The summed E-state index contributed by atoms with van der Waals surface area (Å²) in [4.78, 5) is 12.4. The van der Waals surface area contributed by atoms with Crippen molar-refractivity contribution in [2.45, 2.75) is 13.0 Å². The summed E-state index contributed by atoms with van der Waals surface area (Å²) in [6, 6.07) is 7.98. The highest BCUT2D eigenvalue weighted by Gasteiger charge is 2.26. The molecule has 19 heavy (non-hydrogen) atoms. The van der Waals surface area contributed by atoms with Gasteiger partial charge in [-0.2, -0.15) is 5.10 Å². The fraction of sp³-hybridized carbons (Fsp3) is 0.429. The van der Waals surface area contributed by atoms with Crippen LogP contribution in [0.25, 0.3) is 10.9 Å². The summed E-state index contributed by atoms with van der Waals surface area (Å²) in [6.45, 7) is 3.92. The maximum Gasteiger partial charge on any atom is 0.272 e. The normalized spacial score (nSPS) is 22.8. The molecule has 1 aliphatic rings. The van der Waals surface area contributed by atoms with Gasteiger partial charge < -0.3 is 10.6 Å². The van der Waals surface area contributed by atoms with E-state index in [0.29, 0.717) is 11.6 Å². The third kappa shape index (κ3) is 2.10. The average Bonchev–Trinajstić information content (AvgIpc) is 2.95. The average molecular weight is 258 g/mol. The van der Waals surface area contributed by atoms with Gasteiger partial charge in [0.1, 0.15) is 0 Å². The maximum absolute atomic E-state index is 12.4. The van der Waals surface area contributed by atoms with Crippen LogP contribution in [-0.2, 0) is 7.05 Å². The van der Waals surface area contributed by atoms with Crippen LogP contribution >= 0.6 is 0 Å². The highest BCUT2D eigenvalue weighted by Crippen LogP contribution is 2.18. The van der Waals surface area contributed by atoms with Gasteiger partial charge in [0.15, 0.2) is 5.69 Å². The Morgan fingerprint density at radius 2 is 2.21 bits per heavy atom. The van der Waals surface area contributed by atoms with Crippen molar-refractivity contribution in [1.82, 2.24) is 20.4 Å². The van der Waals surface area contributed by atoms with Crippen molar-refractivity contribution in [1.29, 1.82) is 0 Å². The first kappa shape index (κ1) is 12.2. The Hall–Kier alpha value is -1.88. The van der Waals surface area contributed by atoms with Crippen molar-refractivity contribution < 1.29 is 4.79 Å². The summed E-state index contributed by atoms with van der Waals surface area (Å²) >= 11 is 0. The molecule has 0 saturated carbocycles. The van der Waals surface area contributed by atoms with Crippen LogP contribution in [0.2, 0.25) is 0 Å². The van der Waals surface area contributed by atoms with Crippen molar-refractivity contribution in [2.75, 3.05) is 13.1 Å². The molecule has 3 rings (SSSR count). The van der Waals surface area contributed by atoms with E-state index >= 15 is 0 Å². The first-order valence-corrected chi connectivity index (χ1v) is 6.60. The fourth-order valence-electron chi connectivity index (χ4n) is 2.62. The molecule has 0 spiro atoms. The van der Waals surface area contributed by atoms with Gasteiger partial charge in [0.25, 0.3) is 5.91 Å². The van der Waals surface area contributed by atoms with Gasteiger partial charge >= 0.3 is 0 Å². The molecule has 2 atom stereocenters. The smallest absolute Gasteiger partial charge is 0.272 e. The number of aromatic nitrogens is 2. The van der Waals surface area contributed by atoms with Crippen molar-refractivity contribution in [3.8, 4) is 0 Å². The molecule has 1 amide bonds. The van der Waals surface area contributed by atoms with Gasteiger partial charge in [-0.1, -0.05) is 25.1 Å². The molecule has 1 aromatic heterocycles. The lowest BCUT2D eigenvalue weighted by atomic mass is 10.1. The van der Waals surface area contributed by atoms with E-state index in [2.05, 4.69) is 22.7 Å². The van der Waals surface area contributed by atoms with Crippen molar-refractivity contribution in [3.05, 3.63) is 30.0 Å². The van der Waals surface area contributed by atoms with Gasteiger partial charge in [-0.3, -0.25) is 9.48 Å². The Balaban J connectivity index is 1.89. The molecule has 5 heteroatoms. The number of benzene rings is 1. The number of carbonyl (C=O) groups excluding carboxylic acids is 1. The van der Waals surface area contributed by atoms with E-state index in [1.807, 2.05) is 31.3 Å². The molecule has 2 aromatic rings. The number of carbonyl (C=O) groups is 1. The molecule has 1 fully saturated rings. The number of nitrogens with one attached hydrogen (secondary N) is 2. The van der Waals surface area contributed by atoms with E-state index in [-0.39, 0.29) is 11.9 Å². The molecule has 1 aliphatic heterocycles. The Kier molecular flexibility index (Phi) is 2.98. The second-order valence-corrected chi connectivity index (χ2v) is 5.20. The highest BCUT2D eigenvalue weighted by molar-refractivity contribution is 6.04. The van der Waals surface area contributed by atoms with Gasteiger partial charge in [0.05, 0.1) is 5.52 Å². The second-order valence-electron chi connectivity index (χ2n) is 5.20. The minimum Gasteiger partial charge on any atom is -0.346 e. The molecular weight excluding hydrogens is 240 g/mol. The summed E-state index contributed by atoms with van der Waals surface area (Å²) in [5.41, 5.74) is 1.49. The van der Waals surface area contributed by atoms with Gasteiger partial charge in [-0.15, -0.1) is 0 Å². The number of aryl methyl sites for hydroxylation is 1. The number of nitrogens with zero attached hydrogens (tertiary/aromatic N) is 2. The van der Waals surface area contributed by atoms with E-state index in [0.717, 1.165) is 24.0 Å². The zero-order chi connectivity index (χ0) is 13.4. The maximum atomic E-state index is 12.4. The van der Waals surface area contributed by atoms with Crippen LogP contribution in [0.1, 0.15) is 17.4 Å². The Labute approximate surface area is 112 Å². The minimum atomic E-state index is -0.0858. The fourth-order valence-corrected chi connectivity index (χ4v) is 2.62. The molecule has 0 radical (unpaired) electrons. The molecule has 1 saturated heterocycles. The van der Waals surface area contributed by atoms with Crippen LogP contribution < -0.4 is 10.6 Å². The van der Waals surface area contributed by atoms with Crippen LogP contribution in [0.15, 0.2) is 24.3 Å². The summed E-state index contributed by atoms with van der Waals surface area (Å²) in [5, 5.41) is 11.6. The SMILES string of the molecule is CC1CNCC1NC(=O)c1nn(C)c2ccccc12. The number of fused-ring (bicyclic) bond motifs is 1. The van der Waals surface area contributed by atoms with Crippen LogP contribution in [-0.4, -0.2) is 34.8 Å². The molecule has 1 aromatic carbocycles. The molecular formula is C14H18N4O. The lowest BCUT2D eigenvalue weighted by molar-refractivity contribution is 0.0928. The zero-order valence-corrected chi connectivity index (χ0v) is 11.2. The zero-order valence-electron chi connectivity index (χ0n) is 11.2. The van der Waals surface area contributed by atoms with Crippen molar-refractivity contribution in [3.63, 3.8) is 0 Å². The quantitative estimate of drug-likeness (QED) is 0.842.